The molecule has 2 rings (SSSR count). The van der Waals surface area contributed by atoms with Gasteiger partial charge in [-0.2, -0.15) is 0 Å². The normalized spacial score (nSPS) is 10.2. The van der Waals surface area contributed by atoms with E-state index >= 15 is 0 Å². The maximum atomic E-state index is 12.8. The molecule has 0 saturated carbocycles. The van der Waals surface area contributed by atoms with Gasteiger partial charge in [0.2, 0.25) is 0 Å². The zero-order chi connectivity index (χ0) is 12.4. The number of benzene rings is 1. The highest BCUT2D eigenvalue weighted by Gasteiger charge is 2.09. The van der Waals surface area contributed by atoms with Gasteiger partial charge >= 0.3 is 5.97 Å². The highest BCUT2D eigenvalue weighted by atomic mass is 19.1. The van der Waals surface area contributed by atoms with Crippen molar-refractivity contribution in [2.45, 2.75) is 0 Å². The lowest BCUT2D eigenvalue weighted by atomic mass is 10.0. The van der Waals surface area contributed by atoms with Crippen LogP contribution in [0.5, 0.6) is 0 Å². The molecule has 17 heavy (non-hydrogen) atoms. The van der Waals surface area contributed by atoms with E-state index in [1.807, 2.05) is 0 Å². The van der Waals surface area contributed by atoms with Crippen molar-refractivity contribution in [3.63, 3.8) is 0 Å². The molecule has 4 nitrogen and oxygen atoms in total. The first-order valence-corrected chi connectivity index (χ1v) is 4.82. The average Bonchev–Trinajstić information content (AvgIpc) is 2.31. The van der Waals surface area contributed by atoms with Crippen LogP contribution >= 0.6 is 0 Å². The number of pyridine rings is 1. The highest BCUT2D eigenvalue weighted by Crippen LogP contribution is 2.25. The Kier molecular flexibility index (Phi) is 2.74. The van der Waals surface area contributed by atoms with Crippen molar-refractivity contribution in [3.05, 3.63) is 47.9 Å². The second-order valence-corrected chi connectivity index (χ2v) is 3.47. The minimum absolute atomic E-state index is 0.0403. The zero-order valence-corrected chi connectivity index (χ0v) is 8.72. The van der Waals surface area contributed by atoms with Crippen LogP contribution in [0.1, 0.15) is 10.4 Å². The van der Waals surface area contributed by atoms with Crippen molar-refractivity contribution >= 4 is 11.8 Å². The number of hydrogen-bond donors (Lipinski definition) is 2. The van der Waals surface area contributed by atoms with Crippen LogP contribution in [0.25, 0.3) is 11.1 Å². The lowest BCUT2D eigenvalue weighted by molar-refractivity contribution is 0.0696. The Hall–Kier alpha value is -2.43. The summed E-state index contributed by atoms with van der Waals surface area (Å²) in [6.45, 7) is 0. The van der Waals surface area contributed by atoms with Gasteiger partial charge in [0.05, 0.1) is 5.56 Å². The molecule has 0 unspecified atom stereocenters. The van der Waals surface area contributed by atoms with Crippen LogP contribution in [0, 0.1) is 5.82 Å². The van der Waals surface area contributed by atoms with Gasteiger partial charge in [-0.05, 0) is 23.8 Å². The Morgan fingerprint density at radius 1 is 1.29 bits per heavy atom. The quantitative estimate of drug-likeness (QED) is 0.831. The Bertz CT molecular complexity index is 567. The summed E-state index contributed by atoms with van der Waals surface area (Å²) in [6, 6.07) is 7.02. The molecule has 5 heteroatoms. The highest BCUT2D eigenvalue weighted by molar-refractivity contribution is 5.90. The molecule has 0 spiro atoms. The predicted molar refractivity (Wildman–Crippen MR) is 61.0 cm³/mol. The van der Waals surface area contributed by atoms with Gasteiger partial charge in [-0.3, -0.25) is 0 Å². The van der Waals surface area contributed by atoms with Crippen LogP contribution in [-0.4, -0.2) is 16.1 Å². The third kappa shape index (κ3) is 2.23. The number of aromatic nitrogens is 1. The molecule has 0 amide bonds. The van der Waals surface area contributed by atoms with E-state index in [1.165, 1.54) is 36.5 Å². The molecule has 3 N–H and O–H groups in total. The summed E-state index contributed by atoms with van der Waals surface area (Å²) in [7, 11) is 0. The lowest BCUT2D eigenvalue weighted by Crippen LogP contribution is -2.01. The Morgan fingerprint density at radius 2 is 1.94 bits per heavy atom. The van der Waals surface area contributed by atoms with Crippen molar-refractivity contribution in [1.29, 1.82) is 0 Å². The van der Waals surface area contributed by atoms with Gasteiger partial charge in [-0.25, -0.2) is 14.2 Å². The number of carboxylic acids is 1. The van der Waals surface area contributed by atoms with Gasteiger partial charge < -0.3 is 10.8 Å². The fourth-order valence-corrected chi connectivity index (χ4v) is 1.45. The van der Waals surface area contributed by atoms with E-state index in [2.05, 4.69) is 4.98 Å². The number of anilines is 1. The van der Waals surface area contributed by atoms with E-state index in [1.54, 1.807) is 0 Å². The minimum atomic E-state index is -1.08. The number of nitrogen functional groups attached to an aromatic ring is 1. The first-order valence-electron chi connectivity index (χ1n) is 4.82. The molecule has 0 bridgehead atoms. The van der Waals surface area contributed by atoms with E-state index in [0.717, 1.165) is 0 Å². The number of hydrogen-bond acceptors (Lipinski definition) is 3. The van der Waals surface area contributed by atoms with Gasteiger partial charge in [0, 0.05) is 11.8 Å². The van der Waals surface area contributed by atoms with Crippen LogP contribution in [0.3, 0.4) is 0 Å². The fourth-order valence-electron chi connectivity index (χ4n) is 1.45. The molecule has 0 aliphatic rings. The molecule has 0 saturated heterocycles. The number of nitrogens with zero attached hydrogens (tertiary/aromatic N) is 1. The van der Waals surface area contributed by atoms with E-state index in [-0.39, 0.29) is 17.2 Å². The smallest absolute Gasteiger partial charge is 0.337 e. The molecule has 0 aliphatic carbocycles. The standard InChI is InChI=1S/C12H9FN2O2/c13-9-3-1-7(2-4-9)10-5-8(12(16)17)6-15-11(10)14/h1-6H,(H2,14,15)(H,16,17). The first-order chi connectivity index (χ1) is 8.08. The van der Waals surface area contributed by atoms with Crippen LogP contribution < -0.4 is 5.73 Å². The van der Waals surface area contributed by atoms with Crippen LogP contribution in [0.2, 0.25) is 0 Å². The maximum Gasteiger partial charge on any atom is 0.337 e. The molecule has 2 aromatic rings. The zero-order valence-electron chi connectivity index (χ0n) is 8.72. The molecule has 0 aliphatic heterocycles. The van der Waals surface area contributed by atoms with Crippen molar-refractivity contribution in [2.24, 2.45) is 0 Å². The summed E-state index contributed by atoms with van der Waals surface area (Å²) >= 11 is 0. The molecule has 1 heterocycles. The molecule has 1 aromatic carbocycles. The van der Waals surface area contributed by atoms with Crippen molar-refractivity contribution in [1.82, 2.24) is 4.98 Å². The predicted octanol–water partition coefficient (Wildman–Crippen LogP) is 2.17. The molecule has 86 valence electrons. The van der Waals surface area contributed by atoms with Gasteiger partial charge in [0.15, 0.2) is 0 Å². The summed E-state index contributed by atoms with van der Waals surface area (Å²) in [5, 5.41) is 8.85. The molecule has 0 radical (unpaired) electrons. The summed E-state index contributed by atoms with van der Waals surface area (Å²) in [5.41, 5.74) is 6.80. The summed E-state index contributed by atoms with van der Waals surface area (Å²) in [5.74, 6) is -1.24. The van der Waals surface area contributed by atoms with Gasteiger partial charge in [-0.1, -0.05) is 12.1 Å². The maximum absolute atomic E-state index is 12.8. The Balaban J connectivity index is 2.54. The molecule has 0 fully saturated rings. The van der Waals surface area contributed by atoms with Crippen LogP contribution in [-0.2, 0) is 0 Å². The van der Waals surface area contributed by atoms with E-state index in [9.17, 15) is 9.18 Å². The molecular weight excluding hydrogens is 223 g/mol. The topological polar surface area (TPSA) is 76.2 Å². The summed E-state index contributed by atoms with van der Waals surface area (Å²) in [6.07, 6.45) is 1.19. The second-order valence-electron chi connectivity index (χ2n) is 3.47. The first kappa shape index (κ1) is 11.1. The summed E-state index contributed by atoms with van der Waals surface area (Å²) in [4.78, 5) is 14.6. The van der Waals surface area contributed by atoms with Gasteiger partial charge in [0.1, 0.15) is 11.6 Å². The number of rotatable bonds is 2. The monoisotopic (exact) mass is 232 g/mol. The summed E-state index contributed by atoms with van der Waals surface area (Å²) < 4.78 is 12.8. The number of halogens is 1. The average molecular weight is 232 g/mol. The van der Waals surface area contributed by atoms with Gasteiger partial charge in [0.25, 0.3) is 0 Å². The van der Waals surface area contributed by atoms with Gasteiger partial charge in [-0.15, -0.1) is 0 Å². The number of carbonyl (C=O) groups is 1. The fraction of sp³-hybridized carbons (Fsp3) is 0. The van der Waals surface area contributed by atoms with Crippen molar-refractivity contribution in [3.8, 4) is 11.1 Å². The molecular formula is C12H9FN2O2. The number of nitrogens with two attached hydrogens (primary N) is 1. The van der Waals surface area contributed by atoms with Crippen LogP contribution in [0.4, 0.5) is 10.2 Å². The minimum Gasteiger partial charge on any atom is -0.478 e. The number of carboxylic acid groups (broad SMARTS) is 1. The van der Waals surface area contributed by atoms with Crippen LogP contribution in [0.15, 0.2) is 36.5 Å². The third-order valence-electron chi connectivity index (χ3n) is 2.32. The molecule has 1 aromatic heterocycles. The van der Waals surface area contributed by atoms with Crippen molar-refractivity contribution < 1.29 is 14.3 Å². The lowest BCUT2D eigenvalue weighted by Gasteiger charge is -2.06. The largest absolute Gasteiger partial charge is 0.478 e. The second kappa shape index (κ2) is 4.21. The van der Waals surface area contributed by atoms with E-state index < -0.39 is 5.97 Å². The molecule has 0 atom stereocenters. The SMILES string of the molecule is Nc1ncc(C(=O)O)cc1-c1ccc(F)cc1. The van der Waals surface area contributed by atoms with Crippen molar-refractivity contribution in [2.75, 3.05) is 5.73 Å². The van der Waals surface area contributed by atoms with E-state index in [4.69, 9.17) is 10.8 Å². The Labute approximate surface area is 96.5 Å². The third-order valence-corrected chi connectivity index (χ3v) is 2.32. The van der Waals surface area contributed by atoms with E-state index in [0.29, 0.717) is 11.1 Å². The number of aromatic carboxylic acids is 1. The Morgan fingerprint density at radius 3 is 2.53 bits per heavy atom.